The van der Waals surface area contributed by atoms with Crippen molar-refractivity contribution < 1.29 is 9.90 Å². The van der Waals surface area contributed by atoms with Gasteiger partial charge in [-0.25, -0.2) is 4.79 Å². The van der Waals surface area contributed by atoms with Gasteiger partial charge in [-0.2, -0.15) is 0 Å². The smallest absolute Gasteiger partial charge is 0.335 e. The Hall–Kier alpha value is -2.76. The van der Waals surface area contributed by atoms with Crippen LogP contribution in [-0.4, -0.2) is 21.7 Å². The molecule has 31 heavy (non-hydrogen) atoms. The second-order valence-electron chi connectivity index (χ2n) is 7.55. The van der Waals surface area contributed by atoms with Gasteiger partial charge in [0.25, 0.3) is 5.56 Å². The topological polar surface area (TPSA) is 62.5 Å². The van der Waals surface area contributed by atoms with Crippen LogP contribution in [-0.2, 0) is 19.5 Å². The van der Waals surface area contributed by atoms with E-state index in [1.165, 1.54) is 6.07 Å². The van der Waals surface area contributed by atoms with E-state index in [4.69, 9.17) is 28.3 Å². The van der Waals surface area contributed by atoms with Gasteiger partial charge in [-0.3, -0.25) is 4.79 Å². The molecule has 1 N–H and O–H groups in total. The highest BCUT2D eigenvalue weighted by Gasteiger charge is 2.18. The summed E-state index contributed by atoms with van der Waals surface area (Å²) >= 11 is 12.7. The molecule has 0 aliphatic heterocycles. The SMILES string of the molecule is CC(C)N(Cc1c(Cl)cc(Cl)c(=O)n1CCc1ccc(C(=O)O)cc1)c1ccccc1. The molecule has 7 heteroatoms. The van der Waals surface area contributed by atoms with E-state index in [2.05, 4.69) is 18.7 Å². The molecule has 2 aromatic carbocycles. The van der Waals surface area contributed by atoms with E-state index in [9.17, 15) is 9.59 Å². The quantitative estimate of drug-likeness (QED) is 0.483. The molecule has 0 radical (unpaired) electrons. The zero-order valence-corrected chi connectivity index (χ0v) is 18.9. The first-order valence-electron chi connectivity index (χ1n) is 9.99. The van der Waals surface area contributed by atoms with Gasteiger partial charge in [0.2, 0.25) is 0 Å². The lowest BCUT2D eigenvalue weighted by molar-refractivity contribution is 0.0697. The third-order valence-corrected chi connectivity index (χ3v) is 5.76. The van der Waals surface area contributed by atoms with E-state index < -0.39 is 5.97 Å². The van der Waals surface area contributed by atoms with Crippen molar-refractivity contribution in [1.82, 2.24) is 4.57 Å². The number of anilines is 1. The molecule has 0 unspecified atom stereocenters. The number of benzene rings is 2. The van der Waals surface area contributed by atoms with Crippen LogP contribution in [0.4, 0.5) is 5.69 Å². The highest BCUT2D eigenvalue weighted by atomic mass is 35.5. The fraction of sp³-hybridized carbons (Fsp3) is 0.250. The molecule has 0 amide bonds. The average Bonchev–Trinajstić information content (AvgIpc) is 2.75. The van der Waals surface area contributed by atoms with E-state index in [-0.39, 0.29) is 22.2 Å². The number of aromatic carboxylic acids is 1. The van der Waals surface area contributed by atoms with Crippen LogP contribution >= 0.6 is 23.2 Å². The van der Waals surface area contributed by atoms with Crippen LogP contribution in [0.1, 0.15) is 35.5 Å². The van der Waals surface area contributed by atoms with Crippen molar-refractivity contribution >= 4 is 34.9 Å². The lowest BCUT2D eigenvalue weighted by Gasteiger charge is -2.30. The Morgan fingerprint density at radius 1 is 1.03 bits per heavy atom. The van der Waals surface area contributed by atoms with Gasteiger partial charge in [-0.1, -0.05) is 53.5 Å². The Morgan fingerprint density at radius 3 is 2.26 bits per heavy atom. The predicted octanol–water partition coefficient (Wildman–Crippen LogP) is 5.51. The molecule has 3 aromatic rings. The monoisotopic (exact) mass is 458 g/mol. The number of para-hydroxylation sites is 1. The van der Waals surface area contributed by atoms with Gasteiger partial charge >= 0.3 is 5.97 Å². The van der Waals surface area contributed by atoms with Crippen molar-refractivity contribution in [3.05, 3.63) is 97.9 Å². The highest BCUT2D eigenvalue weighted by Crippen LogP contribution is 2.25. The van der Waals surface area contributed by atoms with Crippen LogP contribution in [0.5, 0.6) is 0 Å². The summed E-state index contributed by atoms with van der Waals surface area (Å²) in [5.74, 6) is -0.971. The third kappa shape index (κ3) is 5.49. The fourth-order valence-electron chi connectivity index (χ4n) is 3.44. The predicted molar refractivity (Wildman–Crippen MR) is 126 cm³/mol. The van der Waals surface area contributed by atoms with Gasteiger partial charge in [-0.15, -0.1) is 0 Å². The number of carboxylic acids is 1. The first-order valence-corrected chi connectivity index (χ1v) is 10.7. The summed E-state index contributed by atoms with van der Waals surface area (Å²) in [6.45, 7) is 5.00. The van der Waals surface area contributed by atoms with Gasteiger partial charge in [0.05, 0.1) is 22.8 Å². The molecular weight excluding hydrogens is 435 g/mol. The summed E-state index contributed by atoms with van der Waals surface area (Å²) in [5.41, 5.74) is 2.58. The maximum atomic E-state index is 12.9. The number of aromatic nitrogens is 1. The lowest BCUT2D eigenvalue weighted by atomic mass is 10.1. The normalized spacial score (nSPS) is 11.0. The fourth-order valence-corrected chi connectivity index (χ4v) is 3.98. The highest BCUT2D eigenvalue weighted by molar-refractivity contribution is 6.34. The molecule has 0 fully saturated rings. The molecule has 162 valence electrons. The van der Waals surface area contributed by atoms with Crippen molar-refractivity contribution in [2.75, 3.05) is 4.90 Å². The second kappa shape index (κ2) is 10.0. The maximum Gasteiger partial charge on any atom is 0.335 e. The van der Waals surface area contributed by atoms with Crippen molar-refractivity contribution in [2.24, 2.45) is 0 Å². The van der Waals surface area contributed by atoms with E-state index in [0.717, 1.165) is 11.3 Å². The van der Waals surface area contributed by atoms with Crippen LogP contribution in [0.25, 0.3) is 0 Å². The molecule has 3 rings (SSSR count). The number of carbonyl (C=O) groups is 1. The van der Waals surface area contributed by atoms with Crippen molar-refractivity contribution in [3.63, 3.8) is 0 Å². The molecule has 0 atom stereocenters. The molecule has 1 aromatic heterocycles. The lowest BCUT2D eigenvalue weighted by Crippen LogP contribution is -2.34. The summed E-state index contributed by atoms with van der Waals surface area (Å²) < 4.78 is 1.62. The number of halogens is 2. The van der Waals surface area contributed by atoms with Crippen LogP contribution in [0.15, 0.2) is 65.5 Å². The number of nitrogens with zero attached hydrogens (tertiary/aromatic N) is 2. The number of pyridine rings is 1. The molecular formula is C24H24Cl2N2O3. The Morgan fingerprint density at radius 2 is 1.68 bits per heavy atom. The summed E-state index contributed by atoms with van der Waals surface area (Å²) in [7, 11) is 0. The summed E-state index contributed by atoms with van der Waals surface area (Å²) in [5, 5.41) is 9.57. The molecule has 0 spiro atoms. The molecule has 5 nitrogen and oxygen atoms in total. The zero-order valence-electron chi connectivity index (χ0n) is 17.4. The summed E-state index contributed by atoms with van der Waals surface area (Å²) in [6.07, 6.45) is 0.538. The van der Waals surface area contributed by atoms with Crippen molar-refractivity contribution in [3.8, 4) is 0 Å². The van der Waals surface area contributed by atoms with Gasteiger partial charge in [0.15, 0.2) is 0 Å². The second-order valence-corrected chi connectivity index (χ2v) is 8.37. The molecule has 0 bridgehead atoms. The summed E-state index contributed by atoms with van der Waals surface area (Å²) in [6, 6.07) is 18.3. The first kappa shape index (κ1) is 22.9. The Balaban J connectivity index is 1.93. The first-order chi connectivity index (χ1) is 14.8. The minimum atomic E-state index is -0.971. The van der Waals surface area contributed by atoms with Crippen molar-refractivity contribution in [1.29, 1.82) is 0 Å². The zero-order chi connectivity index (χ0) is 22.5. The largest absolute Gasteiger partial charge is 0.478 e. The third-order valence-electron chi connectivity index (χ3n) is 5.16. The molecule has 0 saturated carbocycles. The van der Waals surface area contributed by atoms with Crippen LogP contribution in [0, 0.1) is 0 Å². The maximum absolute atomic E-state index is 12.9. The van der Waals surface area contributed by atoms with Crippen molar-refractivity contribution in [2.45, 2.75) is 39.4 Å². The molecule has 0 aliphatic rings. The Labute approximate surface area is 191 Å². The molecule has 0 saturated heterocycles. The van der Waals surface area contributed by atoms with Crippen LogP contribution in [0.3, 0.4) is 0 Å². The Kier molecular flexibility index (Phi) is 7.42. The van der Waals surface area contributed by atoms with Gasteiger partial charge in [0, 0.05) is 18.3 Å². The molecule has 0 aliphatic carbocycles. The van der Waals surface area contributed by atoms with Gasteiger partial charge in [0.1, 0.15) is 5.02 Å². The Bertz CT molecular complexity index is 1110. The number of hydrogen-bond acceptors (Lipinski definition) is 3. The number of rotatable bonds is 8. The van der Waals surface area contributed by atoms with Crippen LogP contribution < -0.4 is 10.5 Å². The van der Waals surface area contributed by atoms with Gasteiger partial charge in [-0.05, 0) is 56.2 Å². The number of hydrogen-bond donors (Lipinski definition) is 1. The van der Waals surface area contributed by atoms with E-state index >= 15 is 0 Å². The van der Waals surface area contributed by atoms with E-state index in [1.807, 2.05) is 30.3 Å². The van der Waals surface area contributed by atoms with E-state index in [1.54, 1.807) is 28.8 Å². The average molecular weight is 459 g/mol. The number of carboxylic acid groups (broad SMARTS) is 1. The van der Waals surface area contributed by atoms with Gasteiger partial charge < -0.3 is 14.6 Å². The summed E-state index contributed by atoms with van der Waals surface area (Å²) in [4.78, 5) is 26.1. The minimum absolute atomic E-state index is 0.0748. The minimum Gasteiger partial charge on any atom is -0.478 e. The number of aryl methyl sites for hydroxylation is 1. The van der Waals surface area contributed by atoms with E-state index in [0.29, 0.717) is 30.2 Å². The van der Waals surface area contributed by atoms with Crippen LogP contribution in [0.2, 0.25) is 10.0 Å². The molecule has 1 heterocycles. The standard InChI is InChI=1S/C24H24Cl2N2O3/c1-16(2)28(19-6-4-3-5-7-19)15-22-20(25)14-21(26)23(29)27(22)13-12-17-8-10-18(11-9-17)24(30)31/h3-11,14,16H,12-13,15H2,1-2H3,(H,30,31).